The first-order valence-electron chi connectivity index (χ1n) is 9.22. The molecule has 0 unspecified atom stereocenters. The minimum Gasteiger partial charge on any atom is -0.454 e. The van der Waals surface area contributed by atoms with Gasteiger partial charge in [-0.2, -0.15) is 0 Å². The van der Waals surface area contributed by atoms with Gasteiger partial charge in [0.25, 0.3) is 0 Å². The highest BCUT2D eigenvalue weighted by Gasteiger charge is 2.23. The van der Waals surface area contributed by atoms with E-state index in [4.69, 9.17) is 32.7 Å². The fourth-order valence-electron chi connectivity index (χ4n) is 3.46. The van der Waals surface area contributed by atoms with Crippen molar-refractivity contribution in [2.24, 2.45) is 0 Å². The number of nitrogens with zero attached hydrogens (tertiary/aromatic N) is 1. The lowest BCUT2D eigenvalue weighted by Crippen LogP contribution is -3.13. The van der Waals surface area contributed by atoms with Crippen LogP contribution in [0, 0.1) is 0 Å². The average molecular weight is 420 g/mol. The lowest BCUT2D eigenvalue weighted by atomic mass is 10.1. The van der Waals surface area contributed by atoms with E-state index in [-0.39, 0.29) is 5.91 Å². The summed E-state index contributed by atoms with van der Waals surface area (Å²) in [7, 11) is 0. The molecule has 1 fully saturated rings. The van der Waals surface area contributed by atoms with Gasteiger partial charge in [0, 0.05) is 21.7 Å². The van der Waals surface area contributed by atoms with E-state index in [1.807, 2.05) is 23.1 Å². The van der Waals surface area contributed by atoms with E-state index in [9.17, 15) is 4.79 Å². The normalized spacial score (nSPS) is 16.7. The lowest BCUT2D eigenvalue weighted by Gasteiger charge is -2.31. The highest BCUT2D eigenvalue weighted by molar-refractivity contribution is 6.35. The van der Waals surface area contributed by atoms with Crippen molar-refractivity contribution in [3.63, 3.8) is 0 Å². The van der Waals surface area contributed by atoms with Crippen LogP contribution in [0.1, 0.15) is 11.1 Å². The molecular weight excluding hydrogens is 399 g/mol. The van der Waals surface area contributed by atoms with Gasteiger partial charge in [0.1, 0.15) is 6.54 Å². The summed E-state index contributed by atoms with van der Waals surface area (Å²) in [6.07, 6.45) is 3.32. The van der Waals surface area contributed by atoms with Crippen LogP contribution < -0.4 is 14.4 Å². The van der Waals surface area contributed by atoms with Crippen molar-refractivity contribution in [2.45, 2.75) is 6.54 Å². The van der Waals surface area contributed by atoms with E-state index in [1.54, 1.807) is 24.3 Å². The Morgan fingerprint density at radius 2 is 1.86 bits per heavy atom. The van der Waals surface area contributed by atoms with Crippen LogP contribution in [0.15, 0.2) is 42.5 Å². The van der Waals surface area contributed by atoms with Gasteiger partial charge in [0.15, 0.2) is 11.5 Å². The molecule has 4 rings (SSSR count). The van der Waals surface area contributed by atoms with E-state index >= 15 is 0 Å². The van der Waals surface area contributed by atoms with Crippen molar-refractivity contribution in [3.05, 3.63) is 63.6 Å². The third-order valence-corrected chi connectivity index (χ3v) is 5.60. The second kappa shape index (κ2) is 8.43. The second-order valence-electron chi connectivity index (χ2n) is 6.94. The quantitative estimate of drug-likeness (QED) is 0.774. The Balaban J connectivity index is 1.30. The van der Waals surface area contributed by atoms with Gasteiger partial charge in [-0.15, -0.1) is 0 Å². The molecule has 2 heterocycles. The van der Waals surface area contributed by atoms with E-state index in [2.05, 4.69) is 6.07 Å². The van der Waals surface area contributed by atoms with E-state index in [0.717, 1.165) is 49.8 Å². The molecule has 1 saturated heterocycles. The predicted octanol–water partition coefficient (Wildman–Crippen LogP) is 2.66. The Kier molecular flexibility index (Phi) is 5.76. The van der Waals surface area contributed by atoms with Crippen LogP contribution in [-0.2, 0) is 11.3 Å². The fraction of sp³-hybridized carbons (Fsp3) is 0.286. The maximum absolute atomic E-state index is 12.5. The van der Waals surface area contributed by atoms with Crippen molar-refractivity contribution in [1.29, 1.82) is 0 Å². The molecule has 28 heavy (non-hydrogen) atoms. The zero-order valence-corrected chi connectivity index (χ0v) is 16.8. The number of fused-ring (bicyclic) bond motifs is 1. The summed E-state index contributed by atoms with van der Waals surface area (Å²) in [5.41, 5.74) is 2.00. The number of nitrogens with one attached hydrogen (secondary N) is 1. The fourth-order valence-corrected chi connectivity index (χ4v) is 3.93. The number of halogens is 2. The van der Waals surface area contributed by atoms with Crippen molar-refractivity contribution in [1.82, 2.24) is 4.90 Å². The summed E-state index contributed by atoms with van der Waals surface area (Å²) >= 11 is 12.1. The van der Waals surface area contributed by atoms with Crippen LogP contribution in [-0.4, -0.2) is 43.8 Å². The molecule has 2 aromatic rings. The predicted molar refractivity (Wildman–Crippen MR) is 109 cm³/mol. The second-order valence-corrected chi connectivity index (χ2v) is 7.78. The Bertz CT molecular complexity index is 909. The zero-order chi connectivity index (χ0) is 19.5. The third kappa shape index (κ3) is 4.43. The van der Waals surface area contributed by atoms with Crippen LogP contribution in [0.4, 0.5) is 0 Å². The molecule has 5 nitrogen and oxygen atoms in total. The van der Waals surface area contributed by atoms with Gasteiger partial charge in [0.05, 0.1) is 26.2 Å². The first-order valence-corrected chi connectivity index (χ1v) is 9.98. The molecule has 2 aliphatic heterocycles. The molecule has 7 heteroatoms. The standard InChI is InChI=1S/C21H20Cl2N2O3/c22-17-4-2-16(18(23)12-17)3-6-21(26)25-9-7-24(8-10-25)13-15-1-5-19-20(11-15)28-14-27-19/h1-6,11-12H,7-10,13-14H2/p+1/b6-3-. The summed E-state index contributed by atoms with van der Waals surface area (Å²) in [4.78, 5) is 15.8. The molecule has 1 amide bonds. The topological polar surface area (TPSA) is 43.2 Å². The molecule has 2 aliphatic rings. The third-order valence-electron chi connectivity index (χ3n) is 5.04. The Morgan fingerprint density at radius 3 is 2.64 bits per heavy atom. The van der Waals surface area contributed by atoms with Gasteiger partial charge in [-0.1, -0.05) is 29.3 Å². The minimum absolute atomic E-state index is 0.00754. The van der Waals surface area contributed by atoms with Gasteiger partial charge >= 0.3 is 0 Å². The number of carbonyl (C=O) groups excluding carboxylic acids is 1. The maximum Gasteiger partial charge on any atom is 0.246 e. The Morgan fingerprint density at radius 1 is 1.07 bits per heavy atom. The molecule has 146 valence electrons. The lowest BCUT2D eigenvalue weighted by molar-refractivity contribution is -0.917. The molecule has 1 N–H and O–H groups in total. The SMILES string of the molecule is O=C(/C=C\c1ccc(Cl)cc1Cl)N1CC[NH+](Cc2ccc3c(c2)OCO3)CC1. The molecule has 0 spiro atoms. The number of quaternary nitrogens is 1. The molecule has 0 radical (unpaired) electrons. The van der Waals surface area contributed by atoms with Crippen LogP contribution in [0.25, 0.3) is 6.08 Å². The summed E-state index contributed by atoms with van der Waals surface area (Å²) < 4.78 is 10.8. The van der Waals surface area contributed by atoms with Gasteiger partial charge < -0.3 is 19.3 Å². The summed E-state index contributed by atoms with van der Waals surface area (Å²) in [5.74, 6) is 1.63. The minimum atomic E-state index is 0.00754. The van der Waals surface area contributed by atoms with Crippen LogP contribution in [0.5, 0.6) is 11.5 Å². The smallest absolute Gasteiger partial charge is 0.246 e. The van der Waals surface area contributed by atoms with Crippen molar-refractivity contribution in [3.8, 4) is 11.5 Å². The first kappa shape index (κ1) is 19.1. The number of hydrogen-bond donors (Lipinski definition) is 1. The number of ether oxygens (including phenoxy) is 2. The van der Waals surface area contributed by atoms with Crippen LogP contribution in [0.3, 0.4) is 0 Å². The van der Waals surface area contributed by atoms with Gasteiger partial charge in [0.2, 0.25) is 12.7 Å². The van der Waals surface area contributed by atoms with Crippen molar-refractivity contribution in [2.75, 3.05) is 33.0 Å². The number of piperazine rings is 1. The Hall–Kier alpha value is -2.21. The highest BCUT2D eigenvalue weighted by Crippen LogP contribution is 2.32. The Labute approximate surface area is 174 Å². The van der Waals surface area contributed by atoms with Crippen molar-refractivity contribution < 1.29 is 19.2 Å². The monoisotopic (exact) mass is 419 g/mol. The average Bonchev–Trinajstić information content (AvgIpc) is 3.15. The summed E-state index contributed by atoms with van der Waals surface area (Å²) in [6.45, 7) is 4.50. The number of rotatable bonds is 4. The van der Waals surface area contributed by atoms with Crippen LogP contribution >= 0.6 is 23.2 Å². The molecule has 0 bridgehead atoms. The van der Waals surface area contributed by atoms with E-state index < -0.39 is 0 Å². The van der Waals surface area contributed by atoms with Crippen molar-refractivity contribution >= 4 is 35.2 Å². The van der Waals surface area contributed by atoms with Gasteiger partial charge in [-0.05, 0) is 42.0 Å². The highest BCUT2D eigenvalue weighted by atomic mass is 35.5. The number of carbonyl (C=O) groups is 1. The summed E-state index contributed by atoms with van der Waals surface area (Å²) in [5, 5.41) is 1.12. The molecule has 0 aliphatic carbocycles. The molecule has 0 atom stereocenters. The van der Waals surface area contributed by atoms with Gasteiger partial charge in [-0.25, -0.2) is 0 Å². The number of amides is 1. The largest absolute Gasteiger partial charge is 0.454 e. The molecule has 2 aromatic carbocycles. The summed E-state index contributed by atoms with van der Waals surface area (Å²) in [6, 6.07) is 11.3. The molecular formula is C21H21Cl2N2O3+. The van der Waals surface area contributed by atoms with Crippen LogP contribution in [0.2, 0.25) is 10.0 Å². The van der Waals surface area contributed by atoms with Gasteiger partial charge in [-0.3, -0.25) is 4.79 Å². The van der Waals surface area contributed by atoms with E-state index in [1.165, 1.54) is 10.5 Å². The molecule has 0 saturated carbocycles. The zero-order valence-electron chi connectivity index (χ0n) is 15.3. The first-order chi connectivity index (χ1) is 13.6. The number of hydrogen-bond acceptors (Lipinski definition) is 3. The number of benzene rings is 2. The van der Waals surface area contributed by atoms with E-state index in [0.29, 0.717) is 16.8 Å². The molecule has 0 aromatic heterocycles. The maximum atomic E-state index is 12.5.